The number of amides is 12. The van der Waals surface area contributed by atoms with Gasteiger partial charge in [0.1, 0.15) is 64.2 Å². The lowest BCUT2D eigenvalue weighted by Crippen LogP contribution is -2.60. The molecule has 34 nitrogen and oxygen atoms in total. The smallest absolute Gasteiger partial charge is 0.416 e. The number of halogens is 3. The number of fused-ring (bicyclic) bond motifs is 4. The number of hydrogen-bond donors (Lipinski definition) is 12. The number of carbonyl (C=O) groups excluding carboxylic acids is 14. The number of hydrogen-bond acceptors (Lipinski definition) is 21. The summed E-state index contributed by atoms with van der Waals surface area (Å²) < 4.78 is 72.7. The van der Waals surface area contributed by atoms with E-state index in [1.54, 1.807) is 45.0 Å². The summed E-state index contributed by atoms with van der Waals surface area (Å²) >= 11 is 0. The number of nitrogens with zero attached hydrogens (tertiary/aromatic N) is 4. The van der Waals surface area contributed by atoms with Gasteiger partial charge < -0.3 is 87.3 Å². The molecule has 3 aromatic carbocycles. The van der Waals surface area contributed by atoms with Gasteiger partial charge >= 0.3 is 12.1 Å². The number of aliphatic carboxylic acids is 1. The summed E-state index contributed by atoms with van der Waals surface area (Å²) in [6.45, 7) is 0.794. The minimum absolute atomic E-state index is 0.00885. The number of alkyl halides is 3. The average Bonchev–Trinajstić information content (AvgIpc) is 1.64. The van der Waals surface area contributed by atoms with Crippen molar-refractivity contribution in [3.63, 3.8) is 0 Å². The number of sulfone groups is 1. The fraction of sp³-hybridized carbons (Fsp3) is 0.537. The topological polar surface area (TPSA) is 490 Å². The Morgan fingerprint density at radius 1 is 0.703 bits per heavy atom. The predicted octanol–water partition coefficient (Wildman–Crippen LogP) is -1.17. The van der Waals surface area contributed by atoms with E-state index >= 15 is 19.2 Å². The lowest BCUT2D eigenvalue weighted by Gasteiger charge is -2.32. The van der Waals surface area contributed by atoms with Crippen molar-refractivity contribution in [3.05, 3.63) is 118 Å². The lowest BCUT2D eigenvalue weighted by molar-refractivity contribution is -0.147. The van der Waals surface area contributed by atoms with Crippen LogP contribution in [-0.4, -0.2) is 282 Å². The van der Waals surface area contributed by atoms with Crippen molar-refractivity contribution in [2.45, 2.75) is 177 Å². The highest BCUT2D eigenvalue weighted by Gasteiger charge is 2.47. The number of carbonyl (C=O) groups is 15. The number of aliphatic hydroxyl groups excluding tert-OH is 3. The average molecular weight is 1670 g/mol. The molecular weight excluding hydrogens is 1570 g/mol. The molecule has 13 atom stereocenters. The van der Waals surface area contributed by atoms with Crippen molar-refractivity contribution < 1.29 is 119 Å². The molecule has 118 heavy (non-hydrogen) atoms. The van der Waals surface area contributed by atoms with Crippen LogP contribution in [0.5, 0.6) is 0 Å². The minimum atomic E-state index is -4.83. The van der Waals surface area contributed by atoms with Crippen molar-refractivity contribution in [2.75, 3.05) is 78.7 Å². The number of ether oxygens (including phenoxy) is 1. The Hall–Kier alpha value is -10.8. The van der Waals surface area contributed by atoms with E-state index in [1.807, 2.05) is 41.7 Å². The lowest BCUT2D eigenvalue weighted by atomic mass is 9.87. The number of allylic oxidation sites excluding steroid dienone is 3. The number of Topliss-reactive ketones (excluding diaryl/α,β-unsaturated/α-hetero) is 2. The number of carboxylic acid groups (broad SMARTS) is 1. The second kappa shape index (κ2) is 41.5. The summed E-state index contributed by atoms with van der Waals surface area (Å²) in [6.07, 6.45) is -4.61. The van der Waals surface area contributed by atoms with Gasteiger partial charge in [-0.2, -0.15) is 13.2 Å². The Balaban J connectivity index is 1.18. The molecule has 0 saturated carbocycles. The van der Waals surface area contributed by atoms with Gasteiger partial charge in [0.2, 0.25) is 70.9 Å². The number of ketones is 2. The zero-order valence-electron chi connectivity index (χ0n) is 66.5. The molecule has 2 aliphatic carbocycles. The van der Waals surface area contributed by atoms with E-state index in [0.29, 0.717) is 34.5 Å². The van der Waals surface area contributed by atoms with E-state index in [4.69, 9.17) is 4.74 Å². The van der Waals surface area contributed by atoms with Crippen LogP contribution in [0.2, 0.25) is 0 Å². The quantitative estimate of drug-likeness (QED) is 0.0532. The standard InChI is InChI=1S/C80H103F3N12O22S/c1-8-117-53-35-62-75(109)89-59(40-96)74(108)88-58(76(110)93(6)63(42-98)65(100)33-50(27-29-118(7,115)116)71(105)90-60(41-97)79(113)114)36-66(101)85-44(4)70(104)87-57(30-45-19-25-52(26-20-45)80(81,82)83)73(107)86-56(32-49-24-22-47-15-10-12-17-55(47)49)64(99)34-51(31-48-23-21-46-14-9-11-16-54(46)48)72(106)91-69(43(2)3)78(112)92(5)39-67(102)84-37-68(103)94-28-13-18-61(94)77(111)95(62)38-53/h9-12,14-17,19-20,23-26,43-44,50-51,53,56-63,69,96-98H,8,13,18,21-22,27-42H2,1-7H3,(H,84,102)(H,85,101)(H,86,107)(H,87,104)(H,88,108)(H,89,109)(H,90,105)(H,91,106)(H,113,114)/t44-,50+,51+,53+,56-,57-,58-,59-,60-,61-,62-,63-,69-/m0/s1. The van der Waals surface area contributed by atoms with E-state index in [9.17, 15) is 94.8 Å². The summed E-state index contributed by atoms with van der Waals surface area (Å²) in [5, 5.41) is 60.4. The Morgan fingerprint density at radius 2 is 1.31 bits per heavy atom. The van der Waals surface area contributed by atoms with Crippen LogP contribution in [0.3, 0.4) is 0 Å². The van der Waals surface area contributed by atoms with E-state index in [-0.39, 0.29) is 57.4 Å². The van der Waals surface area contributed by atoms with Crippen LogP contribution in [0.1, 0.15) is 119 Å². The van der Waals surface area contributed by atoms with Crippen LogP contribution in [0, 0.1) is 17.8 Å². The van der Waals surface area contributed by atoms with Crippen molar-refractivity contribution >= 4 is 109 Å². The van der Waals surface area contributed by atoms with Gasteiger partial charge in [-0.25, -0.2) is 13.2 Å². The summed E-state index contributed by atoms with van der Waals surface area (Å²) in [5.74, 6) is -20.8. The summed E-state index contributed by atoms with van der Waals surface area (Å²) in [6, 6.07) is 0.434. The number of benzene rings is 3. The molecule has 3 aromatic rings. The van der Waals surface area contributed by atoms with Gasteiger partial charge in [0.15, 0.2) is 11.6 Å². The van der Waals surface area contributed by atoms with Crippen molar-refractivity contribution in [1.29, 1.82) is 0 Å². The molecule has 3 heterocycles. The number of rotatable bonds is 23. The van der Waals surface area contributed by atoms with Crippen LogP contribution in [-0.2, 0) is 112 Å². The third kappa shape index (κ3) is 24.6. The largest absolute Gasteiger partial charge is 0.480 e. The molecule has 0 radical (unpaired) electrons. The van der Waals surface area contributed by atoms with E-state index in [0.717, 1.165) is 71.0 Å². The molecule has 12 amide bonds. The number of carboxylic acids is 1. The highest BCUT2D eigenvalue weighted by molar-refractivity contribution is 7.90. The second-order valence-electron chi connectivity index (χ2n) is 30.6. The summed E-state index contributed by atoms with van der Waals surface area (Å²) in [5.41, 5.74) is 3.43. The van der Waals surface area contributed by atoms with E-state index in [2.05, 4.69) is 37.2 Å². The highest BCUT2D eigenvalue weighted by atomic mass is 32.2. The molecule has 3 aliphatic heterocycles. The van der Waals surface area contributed by atoms with Crippen molar-refractivity contribution in [3.8, 4) is 0 Å². The Labute approximate surface area is 679 Å². The maximum atomic E-state index is 15.6. The SMILES string of the molecule is CCO[C@@H]1C[C@H]2C(=O)N[C@@H](CO)C(=O)N[C@H](C(=O)N(C)[C@@H](CO)C(=O)C[C@@H](CCS(C)(=O)=O)C(=O)N[C@@H](CO)C(=O)O)CC(=O)N[C@@H](C)C(=O)N[C@@H](Cc3ccc(C(F)(F)F)cc3)C(=O)N[C@@H](CC3=CCc4ccccc43)C(=O)C[C@@H](CC3=CCc4ccccc43)C(=O)N[C@@H](C(C)C)C(=O)N(C)CC(=O)NCC(=O)N3CCC[C@H]3C(=O)N2C1. The summed E-state index contributed by atoms with van der Waals surface area (Å²) in [7, 11) is -1.72. The highest BCUT2D eigenvalue weighted by Crippen LogP contribution is 2.36. The first-order valence-electron chi connectivity index (χ1n) is 38.8. The first kappa shape index (κ1) is 92.7. The fourth-order valence-corrected chi connectivity index (χ4v) is 15.7. The van der Waals surface area contributed by atoms with Crippen LogP contribution < -0.4 is 42.5 Å². The Bertz CT molecular complexity index is 4470. The molecular formula is C80H103F3N12O22S. The van der Waals surface area contributed by atoms with Gasteiger partial charge in [0, 0.05) is 84.0 Å². The van der Waals surface area contributed by atoms with Gasteiger partial charge in [-0.3, -0.25) is 67.1 Å². The minimum Gasteiger partial charge on any atom is -0.480 e. The van der Waals surface area contributed by atoms with Gasteiger partial charge in [-0.1, -0.05) is 86.7 Å². The molecule has 642 valence electrons. The zero-order chi connectivity index (χ0) is 86.8. The number of aliphatic hydroxyl groups is 3. The van der Waals surface area contributed by atoms with Crippen LogP contribution in [0.4, 0.5) is 13.2 Å². The van der Waals surface area contributed by atoms with Gasteiger partial charge in [-0.15, -0.1) is 0 Å². The van der Waals surface area contributed by atoms with Gasteiger partial charge in [-0.05, 0) is 109 Å². The normalized spacial score (nSPS) is 24.2. The molecule has 3 saturated heterocycles. The van der Waals surface area contributed by atoms with Crippen molar-refractivity contribution in [2.24, 2.45) is 17.8 Å². The first-order chi connectivity index (χ1) is 55.7. The van der Waals surface area contributed by atoms with E-state index in [1.165, 1.54) is 11.9 Å². The van der Waals surface area contributed by atoms with Gasteiger partial charge in [0.05, 0.1) is 62.8 Å². The van der Waals surface area contributed by atoms with Crippen LogP contribution in [0.15, 0.2) is 84.9 Å². The van der Waals surface area contributed by atoms with E-state index < -0.39 is 265 Å². The fourth-order valence-electron chi connectivity index (χ4n) is 15.0. The monoisotopic (exact) mass is 1670 g/mol. The predicted molar refractivity (Wildman–Crippen MR) is 416 cm³/mol. The summed E-state index contributed by atoms with van der Waals surface area (Å²) in [4.78, 5) is 221. The zero-order valence-corrected chi connectivity index (χ0v) is 67.3. The molecule has 8 rings (SSSR count). The third-order valence-electron chi connectivity index (χ3n) is 21.6. The molecule has 0 unspecified atom stereocenters. The molecule has 0 bridgehead atoms. The Morgan fingerprint density at radius 3 is 1.90 bits per heavy atom. The molecule has 0 aromatic heterocycles. The number of likely N-dealkylation sites (N-methyl/N-ethyl adjacent to an activating group) is 2. The first-order valence-corrected chi connectivity index (χ1v) is 40.9. The van der Waals surface area contributed by atoms with Crippen LogP contribution in [0.25, 0.3) is 11.1 Å². The maximum Gasteiger partial charge on any atom is 0.416 e. The molecule has 3 fully saturated rings. The Kier molecular flexibility index (Phi) is 32.6. The number of nitrogens with one attached hydrogen (secondary N) is 8. The molecule has 38 heteroatoms. The van der Waals surface area contributed by atoms with Crippen LogP contribution >= 0.6 is 0 Å². The molecule has 5 aliphatic rings. The molecule has 0 spiro atoms. The van der Waals surface area contributed by atoms with Crippen molar-refractivity contribution in [1.82, 2.24) is 62.1 Å². The second-order valence-corrected chi connectivity index (χ2v) is 32.8. The third-order valence-corrected chi connectivity index (χ3v) is 22.5. The maximum absolute atomic E-state index is 15.6. The van der Waals surface area contributed by atoms with Gasteiger partial charge in [0.25, 0.3) is 0 Å². The molecule has 12 N–H and O–H groups in total.